The maximum absolute atomic E-state index is 14.1. The quantitative estimate of drug-likeness (QED) is 0.291. The molecule has 0 saturated carbocycles. The molecule has 3 aromatic carbocycles. The third-order valence-corrected chi connectivity index (χ3v) is 8.27. The molecule has 2 atom stereocenters. The smallest absolute Gasteiger partial charge is 0.244 e. The summed E-state index contributed by atoms with van der Waals surface area (Å²) in [6, 6.07) is 20.4. The number of amides is 2. The van der Waals surface area contributed by atoms with Crippen LogP contribution in [-0.2, 0) is 32.6 Å². The minimum Gasteiger partial charge on any atom is -0.352 e. The lowest BCUT2D eigenvalue weighted by atomic mass is 10.0. The van der Waals surface area contributed by atoms with Gasteiger partial charge in [-0.15, -0.1) is 0 Å². The fourth-order valence-corrected chi connectivity index (χ4v) is 5.61. The minimum atomic E-state index is -3.92. The second-order valence-corrected chi connectivity index (χ2v) is 12.6. The highest BCUT2D eigenvalue weighted by Crippen LogP contribution is 2.28. The van der Waals surface area contributed by atoms with Crippen molar-refractivity contribution in [2.24, 2.45) is 0 Å². The van der Waals surface area contributed by atoms with Crippen LogP contribution in [0.5, 0.6) is 0 Å². The van der Waals surface area contributed by atoms with Crippen molar-refractivity contribution in [1.29, 1.82) is 0 Å². The van der Waals surface area contributed by atoms with Gasteiger partial charge in [0.05, 0.1) is 11.9 Å². The van der Waals surface area contributed by atoms with Gasteiger partial charge in [0.15, 0.2) is 0 Å². The highest BCUT2D eigenvalue weighted by atomic mass is 35.5. The molecule has 0 aromatic heterocycles. The molecule has 40 heavy (non-hydrogen) atoms. The molecule has 3 rings (SSSR count). The molecule has 0 radical (unpaired) electrons. The van der Waals surface area contributed by atoms with Gasteiger partial charge >= 0.3 is 0 Å². The lowest BCUT2D eigenvalue weighted by molar-refractivity contribution is -0.140. The van der Waals surface area contributed by atoms with Crippen LogP contribution in [0.1, 0.15) is 37.0 Å². The van der Waals surface area contributed by atoms with Gasteiger partial charge in [-0.05, 0) is 55.2 Å². The molecule has 3 aromatic rings. The average Bonchev–Trinajstić information content (AvgIpc) is 2.89. The maximum atomic E-state index is 14.1. The van der Waals surface area contributed by atoms with E-state index in [1.165, 1.54) is 23.1 Å². The molecule has 0 spiro atoms. The average molecular weight is 605 g/mol. The number of benzene rings is 3. The van der Waals surface area contributed by atoms with Gasteiger partial charge in [0.2, 0.25) is 21.8 Å². The number of carbonyl (C=O) groups excluding carboxylic acids is 2. The van der Waals surface area contributed by atoms with Crippen LogP contribution in [0.25, 0.3) is 0 Å². The van der Waals surface area contributed by atoms with Crippen LogP contribution in [-0.4, -0.2) is 50.0 Å². The zero-order chi connectivity index (χ0) is 29.4. The van der Waals surface area contributed by atoms with E-state index in [1.54, 1.807) is 0 Å². The molecule has 0 aliphatic heterocycles. The molecule has 1 N–H and O–H groups in total. The van der Waals surface area contributed by atoms with E-state index in [9.17, 15) is 18.0 Å². The predicted octanol–water partition coefficient (Wildman–Crippen LogP) is 5.62. The molecule has 0 bridgehead atoms. The van der Waals surface area contributed by atoms with E-state index in [0.717, 1.165) is 27.3 Å². The van der Waals surface area contributed by atoms with E-state index in [2.05, 4.69) is 5.32 Å². The third-order valence-electron chi connectivity index (χ3n) is 6.69. The normalized spacial score (nSPS) is 12.8. The number of rotatable bonds is 12. The second-order valence-electron chi connectivity index (χ2n) is 9.87. The van der Waals surface area contributed by atoms with Crippen molar-refractivity contribution >= 4 is 50.7 Å². The van der Waals surface area contributed by atoms with Gasteiger partial charge in [-0.1, -0.05) is 84.7 Å². The highest BCUT2D eigenvalue weighted by molar-refractivity contribution is 7.92. The molecule has 214 valence electrons. The zero-order valence-electron chi connectivity index (χ0n) is 23.1. The minimum absolute atomic E-state index is 0.109. The van der Waals surface area contributed by atoms with E-state index in [4.69, 9.17) is 23.2 Å². The molecule has 7 nitrogen and oxygen atoms in total. The predicted molar refractivity (Wildman–Crippen MR) is 162 cm³/mol. The molecule has 0 saturated heterocycles. The summed E-state index contributed by atoms with van der Waals surface area (Å²) in [7, 11) is -3.92. The van der Waals surface area contributed by atoms with Crippen molar-refractivity contribution in [2.45, 2.75) is 52.2 Å². The summed E-state index contributed by atoms with van der Waals surface area (Å²) in [6.45, 7) is 5.38. The Morgan fingerprint density at radius 2 is 1.55 bits per heavy atom. The lowest BCUT2D eigenvalue weighted by Crippen LogP contribution is -2.54. The Bertz CT molecular complexity index is 1410. The number of hydrogen-bond donors (Lipinski definition) is 1. The first-order chi connectivity index (χ1) is 18.9. The van der Waals surface area contributed by atoms with Crippen molar-refractivity contribution in [3.05, 3.63) is 99.5 Å². The summed E-state index contributed by atoms with van der Waals surface area (Å²) in [5.41, 5.74) is 2.83. The van der Waals surface area contributed by atoms with Crippen LogP contribution in [0, 0.1) is 6.92 Å². The van der Waals surface area contributed by atoms with Crippen LogP contribution in [0.15, 0.2) is 72.8 Å². The van der Waals surface area contributed by atoms with Gasteiger partial charge < -0.3 is 10.2 Å². The third kappa shape index (κ3) is 8.71. The largest absolute Gasteiger partial charge is 0.352 e. The molecule has 10 heteroatoms. The number of hydrogen-bond acceptors (Lipinski definition) is 4. The van der Waals surface area contributed by atoms with Crippen molar-refractivity contribution in [3.8, 4) is 0 Å². The summed E-state index contributed by atoms with van der Waals surface area (Å²) in [4.78, 5) is 29.3. The highest BCUT2D eigenvalue weighted by Gasteiger charge is 2.33. The van der Waals surface area contributed by atoms with Crippen LogP contribution in [0.3, 0.4) is 0 Å². The van der Waals surface area contributed by atoms with Crippen molar-refractivity contribution < 1.29 is 18.0 Å². The first-order valence-corrected chi connectivity index (χ1v) is 15.6. The van der Waals surface area contributed by atoms with E-state index in [0.29, 0.717) is 6.42 Å². The maximum Gasteiger partial charge on any atom is 0.244 e. The Kier molecular flexibility index (Phi) is 11.0. The summed E-state index contributed by atoms with van der Waals surface area (Å²) in [6.07, 6.45) is 1.98. The first-order valence-electron chi connectivity index (χ1n) is 13.0. The zero-order valence-corrected chi connectivity index (χ0v) is 25.4. The van der Waals surface area contributed by atoms with E-state index < -0.39 is 28.5 Å². The van der Waals surface area contributed by atoms with Crippen LogP contribution in [0.2, 0.25) is 10.0 Å². The number of nitrogens with zero attached hydrogens (tertiary/aromatic N) is 2. The molecule has 0 fully saturated rings. The molecular weight excluding hydrogens is 569 g/mol. The van der Waals surface area contributed by atoms with Gasteiger partial charge in [0.1, 0.15) is 12.6 Å². The fourth-order valence-electron chi connectivity index (χ4n) is 4.26. The SMILES string of the molecule is CC[C@@H](C)NC(=O)[C@@H](Cc1ccccc1)N(Cc1ccccc1C)C(=O)CN(c1cc(Cl)cc(Cl)c1)S(C)(=O)=O. The van der Waals surface area contributed by atoms with E-state index in [-0.39, 0.29) is 40.6 Å². The first kappa shape index (κ1) is 31.5. The molecule has 0 aliphatic rings. The lowest BCUT2D eigenvalue weighted by Gasteiger charge is -2.34. The fraction of sp³-hybridized carbons (Fsp3) is 0.333. The Labute approximate surface area is 247 Å². The number of nitrogens with one attached hydrogen (secondary N) is 1. The summed E-state index contributed by atoms with van der Waals surface area (Å²) in [5, 5.41) is 3.48. The Morgan fingerprint density at radius 1 is 0.950 bits per heavy atom. The van der Waals surface area contributed by atoms with Crippen molar-refractivity contribution in [3.63, 3.8) is 0 Å². The van der Waals surface area contributed by atoms with Gasteiger partial charge in [-0.2, -0.15) is 0 Å². The Morgan fingerprint density at radius 3 is 2.12 bits per heavy atom. The van der Waals surface area contributed by atoms with Gasteiger partial charge in [0.25, 0.3) is 0 Å². The summed E-state index contributed by atoms with van der Waals surface area (Å²) < 4.78 is 26.8. The molecule has 0 heterocycles. The van der Waals surface area contributed by atoms with Crippen LogP contribution < -0.4 is 9.62 Å². The van der Waals surface area contributed by atoms with E-state index >= 15 is 0 Å². The Balaban J connectivity index is 2.09. The van der Waals surface area contributed by atoms with Crippen LogP contribution >= 0.6 is 23.2 Å². The number of sulfonamides is 1. The topological polar surface area (TPSA) is 86.8 Å². The van der Waals surface area contributed by atoms with Crippen molar-refractivity contribution in [1.82, 2.24) is 10.2 Å². The monoisotopic (exact) mass is 603 g/mol. The molecule has 0 unspecified atom stereocenters. The number of carbonyl (C=O) groups is 2. The second kappa shape index (κ2) is 14.0. The van der Waals surface area contributed by atoms with Gasteiger partial charge in [-0.25, -0.2) is 8.42 Å². The number of halogens is 2. The van der Waals surface area contributed by atoms with Gasteiger partial charge in [-0.3, -0.25) is 13.9 Å². The summed E-state index contributed by atoms with van der Waals surface area (Å²) in [5.74, 6) is -0.846. The van der Waals surface area contributed by atoms with E-state index in [1.807, 2.05) is 75.4 Å². The number of aryl methyl sites for hydroxylation is 1. The summed E-state index contributed by atoms with van der Waals surface area (Å²) >= 11 is 12.3. The van der Waals surface area contributed by atoms with Gasteiger partial charge in [0, 0.05) is 29.1 Å². The standard InChI is InChI=1S/C30H35Cl2N3O4S/c1-5-22(3)33-30(37)28(15-23-12-7-6-8-13-23)34(19-24-14-10-9-11-21(24)2)29(36)20-35(40(4,38)39)27-17-25(31)16-26(32)18-27/h6-14,16-18,22,28H,5,15,19-20H2,1-4H3,(H,33,37)/t22-,28-/m1/s1. The Hall–Kier alpha value is -3.07. The molecule has 0 aliphatic carbocycles. The molecular formula is C30H35Cl2N3O4S. The number of anilines is 1. The van der Waals surface area contributed by atoms with Crippen molar-refractivity contribution in [2.75, 3.05) is 17.1 Å². The molecule has 2 amide bonds. The van der Waals surface area contributed by atoms with Crippen LogP contribution in [0.4, 0.5) is 5.69 Å².